The van der Waals surface area contributed by atoms with Crippen LogP contribution in [0.15, 0.2) is 48.5 Å². The number of hydrogen-bond acceptors (Lipinski definition) is 2. The Morgan fingerprint density at radius 2 is 1.57 bits per heavy atom. The molecule has 3 nitrogen and oxygen atoms in total. The van der Waals surface area contributed by atoms with Crippen LogP contribution < -0.4 is 10.6 Å². The summed E-state index contributed by atoms with van der Waals surface area (Å²) in [7, 11) is 0. The Morgan fingerprint density at radius 1 is 0.913 bits per heavy atom. The van der Waals surface area contributed by atoms with Crippen molar-refractivity contribution in [3.63, 3.8) is 0 Å². The molecular formula is C20H24N2O. The first kappa shape index (κ1) is 15.6. The van der Waals surface area contributed by atoms with Gasteiger partial charge in [-0.15, -0.1) is 0 Å². The fourth-order valence-electron chi connectivity index (χ4n) is 3.09. The molecule has 0 spiro atoms. The normalized spacial score (nSPS) is 15.2. The average molecular weight is 308 g/mol. The van der Waals surface area contributed by atoms with Gasteiger partial charge in [-0.2, -0.15) is 0 Å². The Labute approximate surface area is 138 Å². The maximum atomic E-state index is 12.5. The monoisotopic (exact) mass is 308 g/mol. The predicted octanol–water partition coefficient (Wildman–Crippen LogP) is 5.26. The zero-order chi connectivity index (χ0) is 16.1. The van der Waals surface area contributed by atoms with Crippen molar-refractivity contribution in [2.45, 2.75) is 39.0 Å². The van der Waals surface area contributed by atoms with Crippen molar-refractivity contribution in [3.8, 4) is 0 Å². The lowest BCUT2D eigenvalue weighted by Gasteiger charge is -2.21. The fraction of sp³-hybridized carbons (Fsp3) is 0.350. The van der Waals surface area contributed by atoms with Crippen LogP contribution in [0.3, 0.4) is 0 Å². The number of rotatable bonds is 4. The van der Waals surface area contributed by atoms with Gasteiger partial charge in [0.15, 0.2) is 0 Å². The number of amides is 1. The highest BCUT2D eigenvalue weighted by Gasteiger charge is 2.21. The molecule has 120 valence electrons. The summed E-state index contributed by atoms with van der Waals surface area (Å²) < 4.78 is 0. The van der Waals surface area contributed by atoms with E-state index in [4.69, 9.17) is 0 Å². The highest BCUT2D eigenvalue weighted by atomic mass is 16.1. The maximum Gasteiger partial charge on any atom is 0.227 e. The van der Waals surface area contributed by atoms with Gasteiger partial charge in [-0.25, -0.2) is 0 Å². The van der Waals surface area contributed by atoms with Gasteiger partial charge in [-0.3, -0.25) is 4.79 Å². The second-order valence-corrected chi connectivity index (χ2v) is 6.36. The van der Waals surface area contributed by atoms with Crippen molar-refractivity contribution in [2.75, 3.05) is 10.6 Å². The van der Waals surface area contributed by atoms with E-state index in [9.17, 15) is 4.79 Å². The number of aryl methyl sites for hydroxylation is 1. The molecule has 1 amide bonds. The van der Waals surface area contributed by atoms with Gasteiger partial charge >= 0.3 is 0 Å². The summed E-state index contributed by atoms with van der Waals surface area (Å²) in [6.45, 7) is 2.07. The van der Waals surface area contributed by atoms with Gasteiger partial charge in [0.2, 0.25) is 5.91 Å². The molecule has 0 radical (unpaired) electrons. The van der Waals surface area contributed by atoms with Crippen LogP contribution in [0.25, 0.3) is 0 Å². The highest BCUT2D eigenvalue weighted by molar-refractivity contribution is 5.96. The molecule has 2 aromatic carbocycles. The number of benzene rings is 2. The van der Waals surface area contributed by atoms with Gasteiger partial charge in [-0.05, 0) is 44.0 Å². The molecule has 3 heteroatoms. The van der Waals surface area contributed by atoms with Crippen molar-refractivity contribution in [1.29, 1.82) is 0 Å². The van der Waals surface area contributed by atoms with Crippen molar-refractivity contribution in [1.82, 2.24) is 0 Å². The number of carbonyl (C=O) groups excluding carboxylic acids is 1. The number of hydrogen-bond donors (Lipinski definition) is 2. The summed E-state index contributed by atoms with van der Waals surface area (Å²) >= 11 is 0. The Hall–Kier alpha value is -2.29. The van der Waals surface area contributed by atoms with Crippen LogP contribution in [0.2, 0.25) is 0 Å². The van der Waals surface area contributed by atoms with E-state index < -0.39 is 0 Å². The molecule has 0 unspecified atom stereocenters. The lowest BCUT2D eigenvalue weighted by atomic mass is 9.88. The van der Waals surface area contributed by atoms with E-state index in [1.54, 1.807) is 0 Å². The quantitative estimate of drug-likeness (QED) is 0.809. The van der Waals surface area contributed by atoms with Crippen molar-refractivity contribution in [3.05, 3.63) is 54.1 Å². The number of anilines is 3. The molecule has 0 heterocycles. The number of carbonyl (C=O) groups is 1. The third-order valence-electron chi connectivity index (χ3n) is 4.49. The molecule has 1 aliphatic carbocycles. The zero-order valence-corrected chi connectivity index (χ0v) is 13.6. The summed E-state index contributed by atoms with van der Waals surface area (Å²) in [5.74, 6) is 0.319. The van der Waals surface area contributed by atoms with E-state index in [0.29, 0.717) is 0 Å². The largest absolute Gasteiger partial charge is 0.354 e. The lowest BCUT2D eigenvalue weighted by Crippen LogP contribution is -2.25. The topological polar surface area (TPSA) is 41.1 Å². The molecule has 0 atom stereocenters. The van der Waals surface area contributed by atoms with Gasteiger partial charge in [0, 0.05) is 11.6 Å². The van der Waals surface area contributed by atoms with E-state index >= 15 is 0 Å². The Kier molecular flexibility index (Phi) is 4.96. The first-order valence-electron chi connectivity index (χ1n) is 8.46. The third kappa shape index (κ3) is 4.13. The Bertz CT molecular complexity index is 658. The summed E-state index contributed by atoms with van der Waals surface area (Å²) in [6.07, 6.45) is 5.62. The van der Waals surface area contributed by atoms with Gasteiger partial charge in [0.1, 0.15) is 0 Å². The van der Waals surface area contributed by atoms with Crippen LogP contribution in [0.5, 0.6) is 0 Å². The molecule has 0 bridgehead atoms. The standard InChI is InChI=1S/C20H24N2O/c1-15-11-13-17(14-12-15)21-18-9-5-6-10-19(18)22-20(23)16-7-3-2-4-8-16/h5-6,9-14,16,21H,2-4,7-8H2,1H3,(H,22,23). The molecule has 1 aliphatic rings. The van der Waals surface area contributed by atoms with Gasteiger partial charge in [-0.1, -0.05) is 49.1 Å². The molecule has 0 saturated heterocycles. The van der Waals surface area contributed by atoms with Gasteiger partial charge in [0.05, 0.1) is 11.4 Å². The van der Waals surface area contributed by atoms with Crippen LogP contribution in [-0.4, -0.2) is 5.91 Å². The molecule has 23 heavy (non-hydrogen) atoms. The smallest absolute Gasteiger partial charge is 0.227 e. The molecule has 0 aliphatic heterocycles. The molecular weight excluding hydrogens is 284 g/mol. The summed E-state index contributed by atoms with van der Waals surface area (Å²) in [5, 5.41) is 6.50. The second kappa shape index (κ2) is 7.32. The van der Waals surface area contributed by atoms with Gasteiger partial charge in [0.25, 0.3) is 0 Å². The molecule has 2 N–H and O–H groups in total. The minimum atomic E-state index is 0.155. The highest BCUT2D eigenvalue weighted by Crippen LogP contribution is 2.29. The van der Waals surface area contributed by atoms with E-state index in [-0.39, 0.29) is 11.8 Å². The third-order valence-corrected chi connectivity index (χ3v) is 4.49. The van der Waals surface area contributed by atoms with Crippen LogP contribution in [0.1, 0.15) is 37.7 Å². The van der Waals surface area contributed by atoms with Crippen molar-refractivity contribution >= 4 is 23.0 Å². The minimum absolute atomic E-state index is 0.155. The Morgan fingerprint density at radius 3 is 2.26 bits per heavy atom. The SMILES string of the molecule is Cc1ccc(Nc2ccccc2NC(=O)C2CCCCC2)cc1. The molecule has 1 saturated carbocycles. The number of para-hydroxylation sites is 2. The summed E-state index contributed by atoms with van der Waals surface area (Å²) in [4.78, 5) is 12.5. The van der Waals surface area contributed by atoms with E-state index in [2.05, 4.69) is 41.8 Å². The molecule has 0 aromatic heterocycles. The molecule has 3 rings (SSSR count). The van der Waals surface area contributed by atoms with Crippen molar-refractivity contribution < 1.29 is 4.79 Å². The average Bonchev–Trinajstić information content (AvgIpc) is 2.59. The summed E-state index contributed by atoms with van der Waals surface area (Å²) in [6, 6.07) is 16.1. The first-order chi connectivity index (χ1) is 11.2. The van der Waals surface area contributed by atoms with Gasteiger partial charge < -0.3 is 10.6 Å². The maximum absolute atomic E-state index is 12.5. The minimum Gasteiger partial charge on any atom is -0.354 e. The zero-order valence-electron chi connectivity index (χ0n) is 13.6. The van der Waals surface area contributed by atoms with E-state index in [1.807, 2.05) is 24.3 Å². The second-order valence-electron chi connectivity index (χ2n) is 6.36. The summed E-state index contributed by atoms with van der Waals surface area (Å²) in [5.41, 5.74) is 4.04. The van der Waals surface area contributed by atoms with Crippen LogP contribution in [0.4, 0.5) is 17.1 Å². The Balaban J connectivity index is 1.72. The molecule has 1 fully saturated rings. The van der Waals surface area contributed by atoms with E-state index in [1.165, 1.54) is 24.8 Å². The first-order valence-corrected chi connectivity index (χ1v) is 8.46. The lowest BCUT2D eigenvalue weighted by molar-refractivity contribution is -0.120. The van der Waals surface area contributed by atoms with Crippen molar-refractivity contribution in [2.24, 2.45) is 5.92 Å². The van der Waals surface area contributed by atoms with Crippen LogP contribution >= 0.6 is 0 Å². The predicted molar refractivity (Wildman–Crippen MR) is 96.1 cm³/mol. The number of nitrogens with one attached hydrogen (secondary N) is 2. The fourth-order valence-corrected chi connectivity index (χ4v) is 3.09. The van der Waals surface area contributed by atoms with Crippen LogP contribution in [-0.2, 0) is 4.79 Å². The molecule has 2 aromatic rings. The van der Waals surface area contributed by atoms with Crippen LogP contribution in [0, 0.1) is 12.8 Å². The van der Waals surface area contributed by atoms with E-state index in [0.717, 1.165) is 29.9 Å².